The lowest BCUT2D eigenvalue weighted by Crippen LogP contribution is -2.55. The molecule has 2 saturated heterocycles. The number of nitrogens with two attached hydrogens (primary N) is 1. The zero-order valence-electron chi connectivity index (χ0n) is 11.6. The van der Waals surface area contributed by atoms with Gasteiger partial charge in [0, 0.05) is 18.6 Å². The molecule has 0 bridgehead atoms. The first kappa shape index (κ1) is 13.3. The summed E-state index contributed by atoms with van der Waals surface area (Å²) in [5.41, 5.74) is 5.99. The molecule has 2 unspecified atom stereocenters. The van der Waals surface area contributed by atoms with Crippen molar-refractivity contribution >= 4 is 0 Å². The Morgan fingerprint density at radius 3 is 2.41 bits per heavy atom. The van der Waals surface area contributed by atoms with Gasteiger partial charge in [-0.3, -0.25) is 4.90 Å². The van der Waals surface area contributed by atoms with Crippen LogP contribution in [0.25, 0.3) is 0 Å². The maximum atomic E-state index is 5.99. The molecule has 3 heteroatoms. The molecule has 2 fully saturated rings. The van der Waals surface area contributed by atoms with Crippen molar-refractivity contribution < 1.29 is 0 Å². The van der Waals surface area contributed by atoms with Crippen LogP contribution in [0.4, 0.5) is 0 Å². The fraction of sp³-hybridized carbons (Fsp3) is 1.00. The van der Waals surface area contributed by atoms with E-state index in [-0.39, 0.29) is 0 Å². The maximum Gasteiger partial charge on any atom is 0.0246 e. The van der Waals surface area contributed by atoms with Gasteiger partial charge in [-0.15, -0.1) is 0 Å². The Morgan fingerprint density at radius 1 is 1.12 bits per heavy atom. The van der Waals surface area contributed by atoms with Gasteiger partial charge in [-0.2, -0.15) is 0 Å². The van der Waals surface area contributed by atoms with Gasteiger partial charge in [-0.25, -0.2) is 0 Å². The van der Waals surface area contributed by atoms with Crippen molar-refractivity contribution in [1.82, 2.24) is 9.80 Å². The van der Waals surface area contributed by atoms with Gasteiger partial charge in [-0.05, 0) is 57.8 Å². The van der Waals surface area contributed by atoms with E-state index in [2.05, 4.69) is 23.6 Å². The van der Waals surface area contributed by atoms with Crippen molar-refractivity contribution in [2.24, 2.45) is 11.7 Å². The fourth-order valence-electron chi connectivity index (χ4n) is 3.67. The molecule has 2 heterocycles. The van der Waals surface area contributed by atoms with Gasteiger partial charge in [0.2, 0.25) is 0 Å². The maximum absolute atomic E-state index is 5.99. The number of rotatable bonds is 3. The molecule has 2 atom stereocenters. The summed E-state index contributed by atoms with van der Waals surface area (Å²) in [5.74, 6) is 0.790. The zero-order valence-corrected chi connectivity index (χ0v) is 11.6. The number of hydrogen-bond acceptors (Lipinski definition) is 3. The molecule has 100 valence electrons. The molecule has 0 saturated carbocycles. The summed E-state index contributed by atoms with van der Waals surface area (Å²) >= 11 is 0. The van der Waals surface area contributed by atoms with Crippen LogP contribution in [0.15, 0.2) is 0 Å². The van der Waals surface area contributed by atoms with Crippen molar-refractivity contribution in [2.75, 3.05) is 32.7 Å². The van der Waals surface area contributed by atoms with Gasteiger partial charge < -0.3 is 10.6 Å². The van der Waals surface area contributed by atoms with Crippen LogP contribution in [-0.2, 0) is 0 Å². The molecule has 2 aliphatic rings. The number of nitrogens with zero attached hydrogens (tertiary/aromatic N) is 2. The van der Waals surface area contributed by atoms with Crippen LogP contribution in [0.2, 0.25) is 0 Å². The van der Waals surface area contributed by atoms with Crippen molar-refractivity contribution in [3.05, 3.63) is 0 Å². The van der Waals surface area contributed by atoms with Crippen LogP contribution in [0.1, 0.15) is 39.5 Å². The lowest BCUT2D eigenvalue weighted by Gasteiger charge is -2.46. The molecule has 0 aromatic carbocycles. The molecule has 2 aliphatic heterocycles. The first-order chi connectivity index (χ1) is 8.26. The molecule has 0 aromatic rings. The quantitative estimate of drug-likeness (QED) is 0.811. The molecule has 2 rings (SSSR count). The second-order valence-electron chi connectivity index (χ2n) is 5.83. The highest BCUT2D eigenvalue weighted by atomic mass is 15.2. The molecule has 3 nitrogen and oxygen atoms in total. The van der Waals surface area contributed by atoms with E-state index in [1.165, 1.54) is 51.9 Å². The average molecular weight is 239 g/mol. The van der Waals surface area contributed by atoms with Crippen LogP contribution >= 0.6 is 0 Å². The molecule has 0 aliphatic carbocycles. The SMILES string of the molecule is CCN1CCC(N2CCCC(C)C2CN)CC1. The van der Waals surface area contributed by atoms with Crippen molar-refractivity contribution in [3.8, 4) is 0 Å². The Balaban J connectivity index is 1.92. The van der Waals surface area contributed by atoms with Crippen molar-refractivity contribution in [3.63, 3.8) is 0 Å². The normalized spacial score (nSPS) is 34.1. The Bertz CT molecular complexity index is 224. The van der Waals surface area contributed by atoms with Crippen molar-refractivity contribution in [2.45, 2.75) is 51.6 Å². The van der Waals surface area contributed by atoms with Gasteiger partial charge >= 0.3 is 0 Å². The molecule has 0 amide bonds. The zero-order chi connectivity index (χ0) is 12.3. The summed E-state index contributed by atoms with van der Waals surface area (Å²) in [4.78, 5) is 5.31. The van der Waals surface area contributed by atoms with E-state index in [1.807, 2.05) is 0 Å². The monoisotopic (exact) mass is 239 g/mol. The van der Waals surface area contributed by atoms with E-state index in [0.717, 1.165) is 18.5 Å². The molecular formula is C14H29N3. The third kappa shape index (κ3) is 3.01. The lowest BCUT2D eigenvalue weighted by atomic mass is 9.87. The van der Waals surface area contributed by atoms with Crippen LogP contribution < -0.4 is 5.73 Å². The standard InChI is InChI=1S/C14H29N3/c1-3-16-9-6-13(7-10-16)17-8-4-5-12(2)14(17)11-15/h12-14H,3-11,15H2,1-2H3. The number of hydrogen-bond donors (Lipinski definition) is 1. The highest BCUT2D eigenvalue weighted by Gasteiger charge is 2.33. The Labute approximate surface area is 106 Å². The first-order valence-electron chi connectivity index (χ1n) is 7.44. The third-order valence-electron chi connectivity index (χ3n) is 4.87. The minimum Gasteiger partial charge on any atom is -0.329 e. The van der Waals surface area contributed by atoms with Gasteiger partial charge in [0.05, 0.1) is 0 Å². The number of piperidine rings is 2. The summed E-state index contributed by atoms with van der Waals surface area (Å²) in [7, 11) is 0. The molecule has 0 radical (unpaired) electrons. The second kappa shape index (κ2) is 6.17. The van der Waals surface area contributed by atoms with Gasteiger partial charge in [-0.1, -0.05) is 13.8 Å². The van der Waals surface area contributed by atoms with E-state index >= 15 is 0 Å². The Kier molecular flexibility index (Phi) is 4.83. The second-order valence-corrected chi connectivity index (χ2v) is 5.83. The highest BCUT2D eigenvalue weighted by Crippen LogP contribution is 2.28. The largest absolute Gasteiger partial charge is 0.329 e. The van der Waals surface area contributed by atoms with Crippen LogP contribution in [0.5, 0.6) is 0 Å². The fourth-order valence-corrected chi connectivity index (χ4v) is 3.67. The van der Waals surface area contributed by atoms with Gasteiger partial charge in [0.1, 0.15) is 0 Å². The Hall–Kier alpha value is -0.120. The summed E-state index contributed by atoms with van der Waals surface area (Å²) in [6, 6.07) is 1.44. The summed E-state index contributed by atoms with van der Waals surface area (Å²) in [6.45, 7) is 10.5. The predicted molar refractivity (Wildman–Crippen MR) is 73.1 cm³/mol. The topological polar surface area (TPSA) is 32.5 Å². The highest BCUT2D eigenvalue weighted by molar-refractivity contribution is 4.89. The van der Waals surface area contributed by atoms with Gasteiger partial charge in [0.15, 0.2) is 0 Å². The summed E-state index contributed by atoms with van der Waals surface area (Å²) in [5, 5.41) is 0. The molecule has 17 heavy (non-hydrogen) atoms. The molecule has 2 N–H and O–H groups in total. The van der Waals surface area contributed by atoms with Crippen LogP contribution in [0.3, 0.4) is 0 Å². The minimum absolute atomic E-state index is 0.641. The smallest absolute Gasteiger partial charge is 0.0246 e. The molecule has 0 spiro atoms. The van der Waals surface area contributed by atoms with Crippen LogP contribution in [-0.4, -0.2) is 54.6 Å². The predicted octanol–water partition coefficient (Wildman–Crippen LogP) is 1.53. The summed E-state index contributed by atoms with van der Waals surface area (Å²) in [6.07, 6.45) is 5.42. The van der Waals surface area contributed by atoms with Crippen LogP contribution in [0, 0.1) is 5.92 Å². The summed E-state index contributed by atoms with van der Waals surface area (Å²) < 4.78 is 0. The molecule has 0 aromatic heterocycles. The van der Waals surface area contributed by atoms with E-state index in [9.17, 15) is 0 Å². The van der Waals surface area contributed by atoms with E-state index in [0.29, 0.717) is 6.04 Å². The number of likely N-dealkylation sites (tertiary alicyclic amines) is 2. The first-order valence-corrected chi connectivity index (χ1v) is 7.44. The van der Waals surface area contributed by atoms with E-state index in [4.69, 9.17) is 5.73 Å². The molecular weight excluding hydrogens is 210 g/mol. The lowest BCUT2D eigenvalue weighted by molar-refractivity contribution is 0.0298. The van der Waals surface area contributed by atoms with E-state index < -0.39 is 0 Å². The average Bonchev–Trinajstić information content (AvgIpc) is 2.38. The van der Waals surface area contributed by atoms with E-state index in [1.54, 1.807) is 0 Å². The third-order valence-corrected chi connectivity index (χ3v) is 4.87. The minimum atomic E-state index is 0.641. The Morgan fingerprint density at radius 2 is 1.82 bits per heavy atom. The van der Waals surface area contributed by atoms with Gasteiger partial charge in [0.25, 0.3) is 0 Å². The van der Waals surface area contributed by atoms with Crippen molar-refractivity contribution in [1.29, 1.82) is 0 Å².